The number of amides is 2. The Morgan fingerprint density at radius 1 is 1.03 bits per heavy atom. The van der Waals surface area contributed by atoms with Crippen LogP contribution in [-0.2, 0) is 16.0 Å². The Kier molecular flexibility index (Phi) is 7.44. The molecule has 3 heterocycles. The summed E-state index contributed by atoms with van der Waals surface area (Å²) in [4.78, 5) is 41.9. The van der Waals surface area contributed by atoms with Gasteiger partial charge in [0.15, 0.2) is 5.82 Å². The predicted molar refractivity (Wildman–Crippen MR) is 125 cm³/mol. The second kappa shape index (κ2) is 10.3. The van der Waals surface area contributed by atoms with Crippen molar-refractivity contribution in [2.75, 3.05) is 37.6 Å². The molecule has 1 aromatic heterocycles. The lowest BCUT2D eigenvalue weighted by Crippen LogP contribution is -2.42. The molecule has 1 saturated carbocycles. The number of hydrogen-bond donors (Lipinski definition) is 0. The number of aromatic nitrogens is 2. The fourth-order valence-corrected chi connectivity index (χ4v) is 5.63. The van der Waals surface area contributed by atoms with Crippen molar-refractivity contribution in [1.82, 2.24) is 19.8 Å². The van der Waals surface area contributed by atoms with Gasteiger partial charge in [-0.1, -0.05) is 33.1 Å². The zero-order valence-electron chi connectivity index (χ0n) is 20.1. The Hall–Kier alpha value is -2.02. The smallest absolute Gasteiger partial charge is 0.237 e. The van der Waals surface area contributed by atoms with Crippen LogP contribution >= 0.6 is 0 Å². The summed E-state index contributed by atoms with van der Waals surface area (Å²) in [5.41, 5.74) is 2.08. The van der Waals surface area contributed by atoms with Gasteiger partial charge in [-0.25, -0.2) is 9.97 Å². The molecule has 0 spiro atoms. The van der Waals surface area contributed by atoms with Crippen molar-refractivity contribution in [3.05, 3.63) is 17.1 Å². The van der Waals surface area contributed by atoms with Crippen LogP contribution in [0.1, 0.15) is 88.3 Å². The maximum atomic E-state index is 13.1. The first-order valence-electron chi connectivity index (χ1n) is 12.7. The quantitative estimate of drug-likeness (QED) is 0.646. The number of anilines is 1. The van der Waals surface area contributed by atoms with E-state index in [4.69, 9.17) is 9.97 Å². The van der Waals surface area contributed by atoms with Crippen molar-refractivity contribution in [2.45, 2.75) is 84.6 Å². The van der Waals surface area contributed by atoms with Crippen molar-refractivity contribution in [3.63, 3.8) is 0 Å². The van der Waals surface area contributed by atoms with Gasteiger partial charge in [-0.15, -0.1) is 0 Å². The normalized spacial score (nSPS) is 22.0. The van der Waals surface area contributed by atoms with Crippen LogP contribution in [0.4, 0.5) is 5.82 Å². The highest BCUT2D eigenvalue weighted by molar-refractivity contribution is 5.95. The van der Waals surface area contributed by atoms with E-state index in [1.807, 2.05) is 16.7 Å². The first kappa shape index (κ1) is 23.1. The van der Waals surface area contributed by atoms with Crippen molar-refractivity contribution in [3.8, 4) is 0 Å². The van der Waals surface area contributed by atoms with E-state index in [0.717, 1.165) is 68.3 Å². The van der Waals surface area contributed by atoms with E-state index < -0.39 is 0 Å². The molecule has 0 aromatic carbocycles. The Morgan fingerprint density at radius 2 is 1.78 bits per heavy atom. The number of fused-ring (bicyclic) bond motifs is 1. The van der Waals surface area contributed by atoms with Gasteiger partial charge in [0.05, 0.1) is 12.6 Å². The minimum Gasteiger partial charge on any atom is -0.331 e. The van der Waals surface area contributed by atoms with E-state index in [9.17, 15) is 9.59 Å². The third-order valence-corrected chi connectivity index (χ3v) is 7.64. The average molecular weight is 442 g/mol. The highest BCUT2D eigenvalue weighted by Crippen LogP contribution is 2.36. The Balaban J connectivity index is 1.59. The van der Waals surface area contributed by atoms with Crippen LogP contribution in [0.2, 0.25) is 0 Å². The number of carbonyl (C=O) groups is 2. The third kappa shape index (κ3) is 4.82. The van der Waals surface area contributed by atoms with Gasteiger partial charge in [0.2, 0.25) is 11.8 Å². The van der Waals surface area contributed by atoms with Crippen LogP contribution in [0.5, 0.6) is 0 Å². The second-order valence-corrected chi connectivity index (χ2v) is 9.68. The van der Waals surface area contributed by atoms with Gasteiger partial charge >= 0.3 is 0 Å². The lowest BCUT2D eigenvalue weighted by atomic mass is 9.88. The molecule has 7 heteroatoms. The molecule has 2 fully saturated rings. The Morgan fingerprint density at radius 3 is 2.50 bits per heavy atom. The van der Waals surface area contributed by atoms with Crippen LogP contribution in [-0.4, -0.2) is 64.3 Å². The Bertz CT molecular complexity index is 832. The van der Waals surface area contributed by atoms with E-state index in [-0.39, 0.29) is 17.9 Å². The molecule has 2 aliphatic heterocycles. The topological polar surface area (TPSA) is 69.6 Å². The van der Waals surface area contributed by atoms with Gasteiger partial charge in [-0.3, -0.25) is 19.4 Å². The lowest BCUT2D eigenvalue weighted by Gasteiger charge is -2.34. The van der Waals surface area contributed by atoms with Crippen molar-refractivity contribution < 1.29 is 9.59 Å². The van der Waals surface area contributed by atoms with Crippen LogP contribution < -0.4 is 4.90 Å². The van der Waals surface area contributed by atoms with Gasteiger partial charge in [0, 0.05) is 30.8 Å². The number of rotatable bonds is 7. The molecule has 2 amide bonds. The van der Waals surface area contributed by atoms with Crippen molar-refractivity contribution in [1.29, 1.82) is 0 Å². The molecule has 0 radical (unpaired) electrons. The van der Waals surface area contributed by atoms with E-state index in [1.54, 1.807) is 0 Å². The molecule has 1 aliphatic carbocycles. The largest absolute Gasteiger partial charge is 0.331 e. The summed E-state index contributed by atoms with van der Waals surface area (Å²) in [7, 11) is 0. The maximum Gasteiger partial charge on any atom is 0.237 e. The minimum absolute atomic E-state index is 0.0874. The molecule has 176 valence electrons. The maximum absolute atomic E-state index is 13.1. The molecule has 7 nitrogen and oxygen atoms in total. The molecular formula is C25H39N5O2. The molecular weight excluding hydrogens is 402 g/mol. The van der Waals surface area contributed by atoms with Crippen LogP contribution in [0.25, 0.3) is 0 Å². The standard InChI is InChI=1S/C25H39N5O2/c1-4-28(5-2)17-23(32)29-15-9-12-21(29)24-26-18(3)20-13-14-22(31)30(25(20)27-24)16-19-10-7-6-8-11-19/h19,21H,4-17H2,1-3H3/t21-/m1/s1. The van der Waals surface area contributed by atoms with E-state index in [0.29, 0.717) is 18.9 Å². The van der Waals surface area contributed by atoms with E-state index in [2.05, 4.69) is 18.7 Å². The summed E-state index contributed by atoms with van der Waals surface area (Å²) in [6.45, 7) is 9.93. The number of likely N-dealkylation sites (tertiary alicyclic amines) is 1. The molecule has 0 bridgehead atoms. The van der Waals surface area contributed by atoms with Gasteiger partial charge in [0.1, 0.15) is 5.82 Å². The number of likely N-dealkylation sites (N-methyl/N-ethyl adjacent to an activating group) is 1. The first-order chi connectivity index (χ1) is 15.5. The monoisotopic (exact) mass is 441 g/mol. The number of carbonyl (C=O) groups excluding carboxylic acids is 2. The molecule has 4 rings (SSSR count). The summed E-state index contributed by atoms with van der Waals surface area (Å²) in [6.07, 6.45) is 9.36. The van der Waals surface area contributed by atoms with Gasteiger partial charge in [0.25, 0.3) is 0 Å². The number of hydrogen-bond acceptors (Lipinski definition) is 5. The third-order valence-electron chi connectivity index (χ3n) is 7.64. The average Bonchev–Trinajstić information content (AvgIpc) is 3.30. The number of aryl methyl sites for hydroxylation is 1. The van der Waals surface area contributed by atoms with Crippen LogP contribution in [0.15, 0.2) is 0 Å². The van der Waals surface area contributed by atoms with Gasteiger partial charge < -0.3 is 4.90 Å². The summed E-state index contributed by atoms with van der Waals surface area (Å²) >= 11 is 0. The molecule has 1 saturated heterocycles. The SMILES string of the molecule is CCN(CC)CC(=O)N1CCC[C@@H]1c1nc(C)c2c(n1)N(CC1CCCCC1)C(=O)CC2. The van der Waals surface area contributed by atoms with Crippen molar-refractivity contribution >= 4 is 17.6 Å². The van der Waals surface area contributed by atoms with E-state index in [1.165, 1.54) is 32.1 Å². The molecule has 32 heavy (non-hydrogen) atoms. The summed E-state index contributed by atoms with van der Waals surface area (Å²) in [6, 6.07) is -0.0874. The summed E-state index contributed by atoms with van der Waals surface area (Å²) in [5.74, 6) is 2.45. The Labute approximate surface area is 192 Å². The van der Waals surface area contributed by atoms with E-state index >= 15 is 0 Å². The molecule has 0 unspecified atom stereocenters. The predicted octanol–water partition coefficient (Wildman–Crippen LogP) is 3.65. The number of nitrogens with zero attached hydrogens (tertiary/aromatic N) is 5. The molecule has 1 atom stereocenters. The highest BCUT2D eigenvalue weighted by atomic mass is 16.2. The highest BCUT2D eigenvalue weighted by Gasteiger charge is 2.35. The van der Waals surface area contributed by atoms with Crippen LogP contribution in [0, 0.1) is 12.8 Å². The summed E-state index contributed by atoms with van der Waals surface area (Å²) < 4.78 is 0. The lowest BCUT2D eigenvalue weighted by molar-refractivity contribution is -0.133. The second-order valence-electron chi connectivity index (χ2n) is 9.68. The fraction of sp³-hybridized carbons (Fsp3) is 0.760. The van der Waals surface area contributed by atoms with Crippen LogP contribution in [0.3, 0.4) is 0 Å². The molecule has 0 N–H and O–H groups in total. The first-order valence-corrected chi connectivity index (χ1v) is 12.7. The molecule has 3 aliphatic rings. The zero-order valence-corrected chi connectivity index (χ0v) is 20.1. The molecule has 1 aromatic rings. The fourth-order valence-electron chi connectivity index (χ4n) is 5.63. The summed E-state index contributed by atoms with van der Waals surface area (Å²) in [5, 5.41) is 0. The minimum atomic E-state index is -0.0874. The van der Waals surface area contributed by atoms with Gasteiger partial charge in [-0.05, 0) is 58.0 Å². The van der Waals surface area contributed by atoms with Crippen molar-refractivity contribution in [2.24, 2.45) is 5.92 Å². The van der Waals surface area contributed by atoms with Gasteiger partial charge in [-0.2, -0.15) is 0 Å². The zero-order chi connectivity index (χ0) is 22.7.